The highest BCUT2D eigenvalue weighted by atomic mass is 16.5. The molecule has 0 spiro atoms. The summed E-state index contributed by atoms with van der Waals surface area (Å²) in [7, 11) is 1.74. The van der Waals surface area contributed by atoms with Crippen molar-refractivity contribution in [2.75, 3.05) is 26.1 Å². The Hall–Kier alpha value is -1.59. The molecule has 3 rings (SSSR count). The van der Waals surface area contributed by atoms with Crippen molar-refractivity contribution < 1.29 is 9.47 Å². The van der Waals surface area contributed by atoms with E-state index in [4.69, 9.17) is 20.2 Å². The standard InChI is InChI=1S/C19H29N3O2/c1-5-14-15(20)6-7-16-17(14)21-18(19(2,3)23-4)22(16)12-13-8-10-24-11-9-13/h6-7,13H,5,8-12,20H2,1-4H3. The Balaban J connectivity index is 2.14. The molecule has 2 aromatic rings. The molecule has 1 fully saturated rings. The monoisotopic (exact) mass is 331 g/mol. The average Bonchev–Trinajstić information content (AvgIpc) is 2.95. The molecule has 0 saturated carbocycles. The van der Waals surface area contributed by atoms with Crippen LogP contribution in [-0.2, 0) is 28.0 Å². The van der Waals surface area contributed by atoms with Gasteiger partial charge in [0.15, 0.2) is 0 Å². The number of nitrogens with zero attached hydrogens (tertiary/aromatic N) is 2. The van der Waals surface area contributed by atoms with Gasteiger partial charge in [-0.05, 0) is 51.2 Å². The van der Waals surface area contributed by atoms with E-state index in [1.54, 1.807) is 7.11 Å². The van der Waals surface area contributed by atoms with Gasteiger partial charge in [0.1, 0.15) is 11.4 Å². The van der Waals surface area contributed by atoms with Gasteiger partial charge in [0.05, 0.1) is 11.0 Å². The SMILES string of the molecule is CCc1c(N)ccc2c1nc(C(C)(C)OC)n2CC1CCOCC1. The molecule has 0 aliphatic carbocycles. The van der Waals surface area contributed by atoms with Crippen molar-refractivity contribution in [2.24, 2.45) is 5.92 Å². The Morgan fingerprint density at radius 3 is 2.67 bits per heavy atom. The molecule has 1 aromatic carbocycles. The van der Waals surface area contributed by atoms with Gasteiger partial charge < -0.3 is 19.8 Å². The maximum atomic E-state index is 6.19. The molecule has 132 valence electrons. The van der Waals surface area contributed by atoms with Crippen molar-refractivity contribution in [3.05, 3.63) is 23.5 Å². The minimum absolute atomic E-state index is 0.441. The fraction of sp³-hybridized carbons (Fsp3) is 0.632. The molecule has 2 heterocycles. The van der Waals surface area contributed by atoms with E-state index in [-0.39, 0.29) is 0 Å². The number of aromatic nitrogens is 2. The summed E-state index contributed by atoms with van der Waals surface area (Å²) in [6.07, 6.45) is 3.08. The Labute approximate surface area is 144 Å². The van der Waals surface area contributed by atoms with Crippen molar-refractivity contribution in [1.29, 1.82) is 0 Å². The first-order chi connectivity index (χ1) is 11.5. The van der Waals surface area contributed by atoms with Crippen LogP contribution >= 0.6 is 0 Å². The number of aryl methyl sites for hydroxylation is 1. The van der Waals surface area contributed by atoms with Crippen LogP contribution in [0.3, 0.4) is 0 Å². The number of methoxy groups -OCH3 is 1. The average molecular weight is 331 g/mol. The molecule has 24 heavy (non-hydrogen) atoms. The van der Waals surface area contributed by atoms with Gasteiger partial charge in [-0.1, -0.05) is 6.92 Å². The number of fused-ring (bicyclic) bond motifs is 1. The van der Waals surface area contributed by atoms with Crippen LogP contribution in [-0.4, -0.2) is 29.9 Å². The molecule has 0 unspecified atom stereocenters. The highest BCUT2D eigenvalue weighted by Gasteiger charge is 2.29. The van der Waals surface area contributed by atoms with Crippen LogP contribution in [0.15, 0.2) is 12.1 Å². The molecule has 2 N–H and O–H groups in total. The van der Waals surface area contributed by atoms with Gasteiger partial charge in [0.25, 0.3) is 0 Å². The number of nitrogens with two attached hydrogens (primary N) is 1. The molecule has 1 aliphatic heterocycles. The van der Waals surface area contributed by atoms with Crippen LogP contribution in [0.4, 0.5) is 5.69 Å². The number of hydrogen-bond acceptors (Lipinski definition) is 4. The largest absolute Gasteiger partial charge is 0.398 e. The maximum Gasteiger partial charge on any atom is 0.141 e. The maximum absolute atomic E-state index is 6.19. The molecule has 0 amide bonds. The van der Waals surface area contributed by atoms with Gasteiger partial charge in [0.2, 0.25) is 0 Å². The van der Waals surface area contributed by atoms with Crippen molar-refractivity contribution in [2.45, 2.75) is 52.2 Å². The highest BCUT2D eigenvalue weighted by Crippen LogP contribution is 2.33. The van der Waals surface area contributed by atoms with E-state index in [9.17, 15) is 0 Å². The molecule has 0 radical (unpaired) electrons. The summed E-state index contributed by atoms with van der Waals surface area (Å²) in [5.41, 5.74) is 9.88. The van der Waals surface area contributed by atoms with E-state index in [0.717, 1.165) is 67.1 Å². The van der Waals surface area contributed by atoms with Crippen LogP contribution in [0.2, 0.25) is 0 Å². The van der Waals surface area contributed by atoms with E-state index < -0.39 is 5.60 Å². The minimum Gasteiger partial charge on any atom is -0.398 e. The van der Waals surface area contributed by atoms with Crippen LogP contribution in [0, 0.1) is 5.92 Å². The van der Waals surface area contributed by atoms with E-state index in [1.165, 1.54) is 0 Å². The Morgan fingerprint density at radius 2 is 2.04 bits per heavy atom. The van der Waals surface area contributed by atoms with E-state index in [2.05, 4.69) is 31.4 Å². The van der Waals surface area contributed by atoms with Crippen molar-refractivity contribution in [3.63, 3.8) is 0 Å². The van der Waals surface area contributed by atoms with Crippen molar-refractivity contribution in [3.8, 4) is 0 Å². The minimum atomic E-state index is -0.441. The number of benzene rings is 1. The third kappa shape index (κ3) is 3.03. The summed E-state index contributed by atoms with van der Waals surface area (Å²) in [6, 6.07) is 4.11. The molecule has 5 heteroatoms. The fourth-order valence-electron chi connectivity index (χ4n) is 3.56. The summed E-state index contributed by atoms with van der Waals surface area (Å²) >= 11 is 0. The molecule has 1 aliphatic rings. The van der Waals surface area contributed by atoms with Gasteiger partial charge >= 0.3 is 0 Å². The highest BCUT2D eigenvalue weighted by molar-refractivity contribution is 5.84. The number of ether oxygens (including phenoxy) is 2. The first kappa shape index (κ1) is 17.2. The Kier molecular flexibility index (Phi) is 4.83. The van der Waals surface area contributed by atoms with Gasteiger partial charge in [-0.3, -0.25) is 0 Å². The number of hydrogen-bond donors (Lipinski definition) is 1. The zero-order chi connectivity index (χ0) is 17.3. The molecule has 0 atom stereocenters. The normalized spacial score (nSPS) is 16.8. The molecular formula is C19H29N3O2. The topological polar surface area (TPSA) is 62.3 Å². The number of anilines is 1. The van der Waals surface area contributed by atoms with Crippen molar-refractivity contribution in [1.82, 2.24) is 9.55 Å². The summed E-state index contributed by atoms with van der Waals surface area (Å²) in [5, 5.41) is 0. The molecule has 1 aromatic heterocycles. The molecule has 0 bridgehead atoms. The lowest BCUT2D eigenvalue weighted by Gasteiger charge is -2.27. The number of imidazole rings is 1. The second kappa shape index (κ2) is 6.73. The zero-order valence-corrected chi connectivity index (χ0v) is 15.3. The van der Waals surface area contributed by atoms with E-state index >= 15 is 0 Å². The van der Waals surface area contributed by atoms with Gasteiger partial charge in [-0.15, -0.1) is 0 Å². The predicted molar refractivity (Wildman–Crippen MR) is 97.1 cm³/mol. The summed E-state index contributed by atoms with van der Waals surface area (Å²) in [4.78, 5) is 4.98. The van der Waals surface area contributed by atoms with Crippen molar-refractivity contribution >= 4 is 16.7 Å². The fourth-order valence-corrected chi connectivity index (χ4v) is 3.56. The number of nitrogen functional groups attached to an aromatic ring is 1. The lowest BCUT2D eigenvalue weighted by Crippen LogP contribution is -2.28. The van der Waals surface area contributed by atoms with Crippen LogP contribution in [0.25, 0.3) is 11.0 Å². The van der Waals surface area contributed by atoms with Crippen LogP contribution in [0.1, 0.15) is 45.0 Å². The second-order valence-corrected chi connectivity index (χ2v) is 7.17. The lowest BCUT2D eigenvalue weighted by atomic mass is 9.99. The lowest BCUT2D eigenvalue weighted by molar-refractivity contribution is 0.00684. The van der Waals surface area contributed by atoms with Gasteiger partial charge in [0, 0.05) is 38.1 Å². The van der Waals surface area contributed by atoms with E-state index in [0.29, 0.717) is 5.92 Å². The second-order valence-electron chi connectivity index (χ2n) is 7.17. The number of rotatable bonds is 5. The summed E-state index contributed by atoms with van der Waals surface area (Å²) in [6.45, 7) is 8.94. The Morgan fingerprint density at radius 1 is 1.33 bits per heavy atom. The predicted octanol–water partition coefficient (Wildman–Crippen LogP) is 3.49. The third-order valence-corrected chi connectivity index (χ3v) is 5.25. The first-order valence-corrected chi connectivity index (χ1v) is 8.89. The van der Waals surface area contributed by atoms with E-state index in [1.807, 2.05) is 6.07 Å². The molecule has 1 saturated heterocycles. The first-order valence-electron chi connectivity index (χ1n) is 8.89. The zero-order valence-electron chi connectivity index (χ0n) is 15.3. The Bertz CT molecular complexity index is 715. The van der Waals surface area contributed by atoms with Gasteiger partial charge in [-0.25, -0.2) is 4.98 Å². The molecular weight excluding hydrogens is 302 g/mol. The third-order valence-electron chi connectivity index (χ3n) is 5.25. The van der Waals surface area contributed by atoms with Gasteiger partial charge in [-0.2, -0.15) is 0 Å². The summed E-state index contributed by atoms with van der Waals surface area (Å²) < 4.78 is 13.6. The summed E-state index contributed by atoms with van der Waals surface area (Å²) in [5.74, 6) is 1.59. The van der Waals surface area contributed by atoms with Crippen LogP contribution in [0.5, 0.6) is 0 Å². The molecule has 5 nitrogen and oxygen atoms in total. The van der Waals surface area contributed by atoms with Crippen LogP contribution < -0.4 is 5.73 Å². The quantitative estimate of drug-likeness (QED) is 0.852. The smallest absolute Gasteiger partial charge is 0.141 e.